The Morgan fingerprint density at radius 1 is 1.33 bits per heavy atom. The van der Waals surface area contributed by atoms with E-state index in [0.29, 0.717) is 12.2 Å². The number of hydrogen-bond donors (Lipinski definition) is 1. The van der Waals surface area contributed by atoms with Crippen LogP contribution in [0.4, 0.5) is 18.9 Å². The van der Waals surface area contributed by atoms with Crippen molar-refractivity contribution >= 4 is 17.3 Å². The maximum Gasteiger partial charge on any atom is 0.420 e. The molecule has 0 unspecified atom stereocenters. The van der Waals surface area contributed by atoms with Crippen molar-refractivity contribution in [1.29, 1.82) is 0 Å². The fraction of sp³-hybridized carbons (Fsp3) is 0.333. The monoisotopic (exact) mass is 237 g/mol. The smallest absolute Gasteiger partial charge is 0.420 e. The molecule has 0 aliphatic carbocycles. The molecule has 15 heavy (non-hydrogen) atoms. The SMILES string of the molecule is FC(F)(F)c1cc(Cl)cc2c1OCCN2. The highest BCUT2D eigenvalue weighted by atomic mass is 35.5. The van der Waals surface area contributed by atoms with E-state index in [-0.39, 0.29) is 17.4 Å². The van der Waals surface area contributed by atoms with Crippen LogP contribution < -0.4 is 10.1 Å². The molecule has 82 valence electrons. The molecule has 1 aliphatic rings. The Morgan fingerprint density at radius 2 is 2.07 bits per heavy atom. The third-order valence-electron chi connectivity index (χ3n) is 2.02. The largest absolute Gasteiger partial charge is 0.489 e. The van der Waals surface area contributed by atoms with Crippen LogP contribution in [0.15, 0.2) is 12.1 Å². The van der Waals surface area contributed by atoms with Crippen molar-refractivity contribution in [1.82, 2.24) is 0 Å². The Bertz CT molecular complexity index is 392. The normalized spacial score (nSPS) is 15.2. The lowest BCUT2D eigenvalue weighted by Crippen LogP contribution is -2.21. The molecule has 0 spiro atoms. The minimum Gasteiger partial charge on any atom is -0.489 e. The number of hydrogen-bond acceptors (Lipinski definition) is 2. The number of halogens is 4. The van der Waals surface area contributed by atoms with Crippen LogP contribution in [0.3, 0.4) is 0 Å². The summed E-state index contributed by atoms with van der Waals surface area (Å²) in [5.74, 6) is -0.168. The zero-order valence-electron chi connectivity index (χ0n) is 7.49. The molecule has 0 aromatic heterocycles. The van der Waals surface area contributed by atoms with Gasteiger partial charge in [-0.2, -0.15) is 13.2 Å². The summed E-state index contributed by atoms with van der Waals surface area (Å²) in [7, 11) is 0. The van der Waals surface area contributed by atoms with Gasteiger partial charge in [-0.05, 0) is 12.1 Å². The highest BCUT2D eigenvalue weighted by Gasteiger charge is 2.36. The number of nitrogens with one attached hydrogen (secondary N) is 1. The van der Waals surface area contributed by atoms with Crippen molar-refractivity contribution in [3.8, 4) is 5.75 Å². The van der Waals surface area contributed by atoms with Gasteiger partial charge in [-0.3, -0.25) is 0 Å². The molecule has 0 saturated heterocycles. The van der Waals surface area contributed by atoms with E-state index in [9.17, 15) is 13.2 Å². The van der Waals surface area contributed by atoms with Crippen LogP contribution >= 0.6 is 11.6 Å². The molecule has 1 aliphatic heterocycles. The molecular weight excluding hydrogens is 231 g/mol. The topological polar surface area (TPSA) is 21.3 Å². The zero-order valence-corrected chi connectivity index (χ0v) is 8.24. The third kappa shape index (κ3) is 1.97. The fourth-order valence-electron chi connectivity index (χ4n) is 1.43. The van der Waals surface area contributed by atoms with Gasteiger partial charge in [-0.25, -0.2) is 0 Å². The van der Waals surface area contributed by atoms with Gasteiger partial charge in [0.05, 0.1) is 5.69 Å². The van der Waals surface area contributed by atoms with Crippen LogP contribution in [0.1, 0.15) is 5.56 Å². The highest BCUT2D eigenvalue weighted by molar-refractivity contribution is 6.31. The first-order valence-corrected chi connectivity index (χ1v) is 4.63. The van der Waals surface area contributed by atoms with E-state index < -0.39 is 11.7 Å². The highest BCUT2D eigenvalue weighted by Crippen LogP contribution is 2.43. The van der Waals surface area contributed by atoms with Crippen molar-refractivity contribution in [2.24, 2.45) is 0 Å². The molecule has 6 heteroatoms. The summed E-state index contributed by atoms with van der Waals surface area (Å²) >= 11 is 5.59. The maximum absolute atomic E-state index is 12.6. The van der Waals surface area contributed by atoms with Crippen LogP contribution in [0.2, 0.25) is 5.02 Å². The Hall–Kier alpha value is -1.10. The van der Waals surface area contributed by atoms with Crippen LogP contribution in [-0.4, -0.2) is 13.2 Å². The standard InChI is InChI=1S/C9H7ClF3NO/c10-5-3-6(9(11,12)13)8-7(4-5)14-1-2-15-8/h3-4,14H,1-2H2. The summed E-state index contributed by atoms with van der Waals surface area (Å²) in [5.41, 5.74) is -0.543. The van der Waals surface area contributed by atoms with E-state index in [1.807, 2.05) is 0 Å². The summed E-state index contributed by atoms with van der Waals surface area (Å²) in [5, 5.41) is 2.85. The number of ether oxygens (including phenoxy) is 1. The van der Waals surface area contributed by atoms with Gasteiger partial charge in [0.1, 0.15) is 12.2 Å². The minimum absolute atomic E-state index is 0.0408. The molecule has 0 bridgehead atoms. The van der Waals surface area contributed by atoms with Gasteiger partial charge < -0.3 is 10.1 Å². The number of fused-ring (bicyclic) bond motifs is 1. The summed E-state index contributed by atoms with van der Waals surface area (Å²) in [6.45, 7) is 0.697. The molecule has 0 fully saturated rings. The van der Waals surface area contributed by atoms with E-state index >= 15 is 0 Å². The van der Waals surface area contributed by atoms with Gasteiger partial charge in [-0.1, -0.05) is 11.6 Å². The molecule has 2 rings (SSSR count). The quantitative estimate of drug-likeness (QED) is 0.748. The number of rotatable bonds is 0. The van der Waals surface area contributed by atoms with Crippen LogP contribution in [0, 0.1) is 0 Å². The number of anilines is 1. The fourth-order valence-corrected chi connectivity index (χ4v) is 1.65. The van der Waals surface area contributed by atoms with Crippen LogP contribution in [0.25, 0.3) is 0 Å². The summed E-state index contributed by atoms with van der Waals surface area (Å²) in [6.07, 6.45) is -4.45. The van der Waals surface area contributed by atoms with E-state index in [1.54, 1.807) is 0 Å². The van der Waals surface area contributed by atoms with Crippen molar-refractivity contribution in [2.75, 3.05) is 18.5 Å². The Morgan fingerprint density at radius 3 is 2.73 bits per heavy atom. The second-order valence-corrected chi connectivity index (χ2v) is 3.54. The lowest BCUT2D eigenvalue weighted by atomic mass is 10.1. The van der Waals surface area contributed by atoms with Gasteiger partial charge in [0, 0.05) is 11.6 Å². The van der Waals surface area contributed by atoms with E-state index in [2.05, 4.69) is 5.32 Å². The van der Waals surface area contributed by atoms with E-state index in [0.717, 1.165) is 6.07 Å². The summed E-state index contributed by atoms with van der Waals surface area (Å²) in [4.78, 5) is 0. The number of benzene rings is 1. The van der Waals surface area contributed by atoms with Crippen molar-refractivity contribution in [3.05, 3.63) is 22.7 Å². The van der Waals surface area contributed by atoms with Gasteiger partial charge >= 0.3 is 6.18 Å². The Kier molecular flexibility index (Phi) is 2.42. The molecule has 1 aromatic carbocycles. The summed E-state index contributed by atoms with van der Waals surface area (Å²) < 4.78 is 42.8. The molecule has 1 aromatic rings. The second-order valence-electron chi connectivity index (χ2n) is 3.10. The average Bonchev–Trinajstić information content (AvgIpc) is 2.15. The first-order chi connectivity index (χ1) is 6.98. The van der Waals surface area contributed by atoms with Gasteiger partial charge in [-0.15, -0.1) is 0 Å². The van der Waals surface area contributed by atoms with E-state index in [4.69, 9.17) is 16.3 Å². The first-order valence-electron chi connectivity index (χ1n) is 4.26. The van der Waals surface area contributed by atoms with Crippen molar-refractivity contribution in [2.45, 2.75) is 6.18 Å². The third-order valence-corrected chi connectivity index (χ3v) is 2.24. The summed E-state index contributed by atoms with van der Waals surface area (Å²) in [6, 6.07) is 2.29. The van der Waals surface area contributed by atoms with Crippen LogP contribution in [-0.2, 0) is 6.18 Å². The zero-order chi connectivity index (χ0) is 11.1. The molecular formula is C9H7ClF3NO. The molecule has 0 saturated carbocycles. The van der Waals surface area contributed by atoms with Gasteiger partial charge in [0.25, 0.3) is 0 Å². The predicted molar refractivity (Wildman–Crippen MR) is 50.4 cm³/mol. The van der Waals surface area contributed by atoms with Crippen molar-refractivity contribution < 1.29 is 17.9 Å². The first kappa shape index (κ1) is 10.4. The second kappa shape index (κ2) is 3.48. The maximum atomic E-state index is 12.6. The number of alkyl halides is 3. The Labute approximate surface area is 89.0 Å². The van der Waals surface area contributed by atoms with Crippen molar-refractivity contribution in [3.63, 3.8) is 0 Å². The van der Waals surface area contributed by atoms with E-state index in [1.165, 1.54) is 6.07 Å². The Balaban J connectivity index is 2.58. The molecule has 0 amide bonds. The van der Waals surface area contributed by atoms with Gasteiger partial charge in [0.15, 0.2) is 5.75 Å². The molecule has 0 radical (unpaired) electrons. The van der Waals surface area contributed by atoms with Crippen LogP contribution in [0.5, 0.6) is 5.75 Å². The molecule has 1 N–H and O–H groups in total. The lowest BCUT2D eigenvalue weighted by molar-refractivity contribution is -0.138. The van der Waals surface area contributed by atoms with Gasteiger partial charge in [0.2, 0.25) is 0 Å². The predicted octanol–water partition coefficient (Wildman–Crippen LogP) is 3.16. The lowest BCUT2D eigenvalue weighted by Gasteiger charge is -2.23. The molecule has 2 nitrogen and oxygen atoms in total. The molecule has 0 atom stereocenters. The minimum atomic E-state index is -4.45. The molecule has 1 heterocycles. The average molecular weight is 238 g/mol.